The summed E-state index contributed by atoms with van der Waals surface area (Å²) in [5, 5.41) is 9.56. The minimum Gasteiger partial charge on any atom is -0.357 e. The number of aromatic nitrogens is 3. The number of nitrogens with zero attached hydrogens (tertiary/aromatic N) is 2. The predicted molar refractivity (Wildman–Crippen MR) is 111 cm³/mol. The number of rotatable bonds is 5. The van der Waals surface area contributed by atoms with Crippen molar-refractivity contribution >= 4 is 10.9 Å². The van der Waals surface area contributed by atoms with Crippen LogP contribution < -0.4 is 5.32 Å². The van der Waals surface area contributed by atoms with Gasteiger partial charge in [-0.1, -0.05) is 36.4 Å². The number of aromatic amines is 1. The Hall–Kier alpha value is -2.85. The lowest BCUT2D eigenvalue weighted by molar-refractivity contribution is 0.565. The lowest BCUT2D eigenvalue weighted by atomic mass is 10.1. The maximum absolute atomic E-state index is 4.59. The first-order valence-corrected chi connectivity index (χ1v) is 9.46. The van der Waals surface area contributed by atoms with E-state index in [0.29, 0.717) is 0 Å². The third-order valence-electron chi connectivity index (χ3n) is 5.51. The summed E-state index contributed by atoms with van der Waals surface area (Å²) in [4.78, 5) is 3.60. The number of aryl methyl sites for hydroxylation is 2. The summed E-state index contributed by atoms with van der Waals surface area (Å²) in [6, 6.07) is 17.0. The lowest BCUT2D eigenvalue weighted by Gasteiger charge is -2.14. The average molecular weight is 358 g/mol. The van der Waals surface area contributed by atoms with Crippen LogP contribution in [-0.4, -0.2) is 14.8 Å². The van der Waals surface area contributed by atoms with E-state index in [4.69, 9.17) is 0 Å². The molecule has 138 valence electrons. The zero-order valence-corrected chi connectivity index (χ0v) is 16.4. The van der Waals surface area contributed by atoms with Gasteiger partial charge in [0, 0.05) is 40.4 Å². The minimum atomic E-state index is 0.217. The van der Waals surface area contributed by atoms with E-state index in [2.05, 4.69) is 73.4 Å². The standard InChI is InChI=1S/C23H26N4/c1-15-9-8-12-20-16(2)22(26-23(15)20)14-24-17(3)21-13-25-27(18(21)4)19-10-6-5-7-11-19/h5-13,17,24,26H,14H2,1-4H3. The second-order valence-corrected chi connectivity index (χ2v) is 7.26. The molecule has 0 aliphatic rings. The van der Waals surface area contributed by atoms with Crippen LogP contribution in [0.15, 0.2) is 54.7 Å². The van der Waals surface area contributed by atoms with Crippen molar-refractivity contribution in [1.29, 1.82) is 0 Å². The average Bonchev–Trinajstić information content (AvgIpc) is 3.22. The van der Waals surface area contributed by atoms with Gasteiger partial charge in [-0.25, -0.2) is 4.68 Å². The molecule has 0 fully saturated rings. The highest BCUT2D eigenvalue weighted by atomic mass is 15.3. The van der Waals surface area contributed by atoms with Crippen molar-refractivity contribution in [2.24, 2.45) is 0 Å². The van der Waals surface area contributed by atoms with E-state index in [1.165, 1.54) is 39.0 Å². The van der Waals surface area contributed by atoms with E-state index < -0.39 is 0 Å². The zero-order chi connectivity index (χ0) is 19.0. The number of nitrogens with one attached hydrogen (secondary N) is 2. The molecule has 1 unspecified atom stereocenters. The summed E-state index contributed by atoms with van der Waals surface area (Å²) in [6.07, 6.45) is 1.97. The molecular weight excluding hydrogens is 332 g/mol. The first-order chi connectivity index (χ1) is 13.1. The normalized spacial score (nSPS) is 12.6. The van der Waals surface area contributed by atoms with Crippen LogP contribution >= 0.6 is 0 Å². The molecule has 1 atom stereocenters. The highest BCUT2D eigenvalue weighted by Gasteiger charge is 2.15. The monoisotopic (exact) mass is 358 g/mol. The van der Waals surface area contributed by atoms with Crippen molar-refractivity contribution in [3.8, 4) is 5.69 Å². The van der Waals surface area contributed by atoms with Crippen molar-refractivity contribution in [2.45, 2.75) is 40.3 Å². The second kappa shape index (κ2) is 7.05. The highest BCUT2D eigenvalue weighted by Crippen LogP contribution is 2.25. The maximum atomic E-state index is 4.59. The van der Waals surface area contributed by atoms with Crippen molar-refractivity contribution in [1.82, 2.24) is 20.1 Å². The van der Waals surface area contributed by atoms with Gasteiger partial charge >= 0.3 is 0 Å². The number of fused-ring (bicyclic) bond motifs is 1. The van der Waals surface area contributed by atoms with Gasteiger partial charge in [0.2, 0.25) is 0 Å². The van der Waals surface area contributed by atoms with E-state index in [-0.39, 0.29) is 6.04 Å². The summed E-state index contributed by atoms with van der Waals surface area (Å²) in [5.41, 5.74) is 8.59. The van der Waals surface area contributed by atoms with Gasteiger partial charge in [0.25, 0.3) is 0 Å². The second-order valence-electron chi connectivity index (χ2n) is 7.26. The van der Waals surface area contributed by atoms with Crippen molar-refractivity contribution < 1.29 is 0 Å². The van der Waals surface area contributed by atoms with Gasteiger partial charge in [-0.05, 0) is 51.0 Å². The van der Waals surface area contributed by atoms with Gasteiger partial charge < -0.3 is 10.3 Å². The summed E-state index contributed by atoms with van der Waals surface area (Å²) >= 11 is 0. The number of H-pyrrole nitrogens is 1. The first kappa shape index (κ1) is 17.6. The molecule has 2 aromatic carbocycles. The number of para-hydroxylation sites is 2. The molecule has 4 heteroatoms. The largest absolute Gasteiger partial charge is 0.357 e. The van der Waals surface area contributed by atoms with Gasteiger partial charge in [0.05, 0.1) is 11.9 Å². The third-order valence-corrected chi connectivity index (χ3v) is 5.51. The quantitative estimate of drug-likeness (QED) is 0.519. The smallest absolute Gasteiger partial charge is 0.0648 e. The van der Waals surface area contributed by atoms with E-state index in [1.54, 1.807) is 0 Å². The molecule has 0 amide bonds. The Balaban J connectivity index is 1.54. The summed E-state index contributed by atoms with van der Waals surface area (Å²) in [5.74, 6) is 0. The van der Waals surface area contributed by atoms with Crippen LogP contribution in [0, 0.1) is 20.8 Å². The molecule has 4 nitrogen and oxygen atoms in total. The van der Waals surface area contributed by atoms with Crippen molar-refractivity contribution in [2.75, 3.05) is 0 Å². The van der Waals surface area contributed by atoms with Crippen LogP contribution in [0.5, 0.6) is 0 Å². The SMILES string of the molecule is Cc1c(CNC(C)c2cnn(-c3ccccc3)c2C)[nH]c2c(C)cccc12. The van der Waals surface area contributed by atoms with Crippen LogP contribution in [0.25, 0.3) is 16.6 Å². The number of benzene rings is 2. The number of hydrogen-bond donors (Lipinski definition) is 2. The van der Waals surface area contributed by atoms with Gasteiger partial charge in [-0.2, -0.15) is 5.10 Å². The molecule has 4 rings (SSSR count). The van der Waals surface area contributed by atoms with Gasteiger partial charge in [0.15, 0.2) is 0 Å². The minimum absolute atomic E-state index is 0.217. The molecular formula is C23H26N4. The Morgan fingerprint density at radius 3 is 2.56 bits per heavy atom. The van der Waals surface area contributed by atoms with Crippen LogP contribution in [0.2, 0.25) is 0 Å². The molecule has 0 saturated carbocycles. The van der Waals surface area contributed by atoms with Crippen LogP contribution in [0.4, 0.5) is 0 Å². The fourth-order valence-electron chi connectivity index (χ4n) is 3.77. The summed E-state index contributed by atoms with van der Waals surface area (Å²) < 4.78 is 2.01. The zero-order valence-electron chi connectivity index (χ0n) is 16.4. The summed E-state index contributed by atoms with van der Waals surface area (Å²) in [7, 11) is 0. The molecule has 0 aliphatic carbocycles. The molecule has 2 N–H and O–H groups in total. The van der Waals surface area contributed by atoms with Crippen LogP contribution in [-0.2, 0) is 6.54 Å². The fraction of sp³-hybridized carbons (Fsp3) is 0.261. The third kappa shape index (κ3) is 3.17. The van der Waals surface area contributed by atoms with Crippen LogP contribution in [0.1, 0.15) is 41.0 Å². The molecule has 2 heterocycles. The molecule has 0 radical (unpaired) electrons. The topological polar surface area (TPSA) is 45.6 Å². The molecule has 4 aromatic rings. The van der Waals surface area contributed by atoms with Gasteiger partial charge in [-0.3, -0.25) is 0 Å². The lowest BCUT2D eigenvalue weighted by Crippen LogP contribution is -2.19. The van der Waals surface area contributed by atoms with Crippen LogP contribution in [0.3, 0.4) is 0 Å². The Kier molecular flexibility index (Phi) is 4.58. The molecule has 0 aliphatic heterocycles. The Morgan fingerprint density at radius 2 is 1.81 bits per heavy atom. The van der Waals surface area contributed by atoms with E-state index in [1.807, 2.05) is 29.1 Å². The van der Waals surface area contributed by atoms with E-state index in [0.717, 1.165) is 12.2 Å². The summed E-state index contributed by atoms with van der Waals surface area (Å²) in [6.45, 7) is 9.47. The number of hydrogen-bond acceptors (Lipinski definition) is 2. The maximum Gasteiger partial charge on any atom is 0.0648 e. The molecule has 27 heavy (non-hydrogen) atoms. The van der Waals surface area contributed by atoms with E-state index >= 15 is 0 Å². The Labute approximate surface area is 160 Å². The molecule has 0 spiro atoms. The first-order valence-electron chi connectivity index (χ1n) is 9.46. The predicted octanol–water partition coefficient (Wildman–Crippen LogP) is 5.13. The van der Waals surface area contributed by atoms with E-state index in [9.17, 15) is 0 Å². The van der Waals surface area contributed by atoms with Gasteiger partial charge in [0.1, 0.15) is 0 Å². The molecule has 2 aromatic heterocycles. The fourth-order valence-corrected chi connectivity index (χ4v) is 3.77. The van der Waals surface area contributed by atoms with Crippen molar-refractivity contribution in [3.05, 3.63) is 82.8 Å². The highest BCUT2D eigenvalue weighted by molar-refractivity contribution is 5.86. The van der Waals surface area contributed by atoms with Gasteiger partial charge in [-0.15, -0.1) is 0 Å². The molecule has 0 saturated heterocycles. The Bertz CT molecular complexity index is 1070. The molecule has 0 bridgehead atoms. The van der Waals surface area contributed by atoms with Crippen molar-refractivity contribution in [3.63, 3.8) is 0 Å². The Morgan fingerprint density at radius 1 is 1.04 bits per heavy atom.